The van der Waals surface area contributed by atoms with E-state index in [0.717, 1.165) is 18.6 Å². The molecule has 1 aromatic carbocycles. The first kappa shape index (κ1) is 15.0. The van der Waals surface area contributed by atoms with E-state index in [1.54, 1.807) is 0 Å². The molecule has 3 nitrogen and oxygen atoms in total. The van der Waals surface area contributed by atoms with Crippen LogP contribution in [0.25, 0.3) is 0 Å². The number of nitrogens with zero attached hydrogens (tertiary/aromatic N) is 2. The van der Waals surface area contributed by atoms with Gasteiger partial charge in [0.05, 0.1) is 0 Å². The molecule has 0 amide bonds. The molecule has 0 aliphatic carbocycles. The van der Waals surface area contributed by atoms with Crippen LogP contribution in [0.5, 0.6) is 0 Å². The molecule has 0 saturated carbocycles. The van der Waals surface area contributed by atoms with Crippen molar-refractivity contribution in [3.8, 4) is 0 Å². The summed E-state index contributed by atoms with van der Waals surface area (Å²) >= 11 is 0. The van der Waals surface area contributed by atoms with Gasteiger partial charge in [0.2, 0.25) is 0 Å². The van der Waals surface area contributed by atoms with E-state index in [9.17, 15) is 0 Å². The molecule has 0 bridgehead atoms. The van der Waals surface area contributed by atoms with Gasteiger partial charge in [0.25, 0.3) is 0 Å². The van der Waals surface area contributed by atoms with Crippen molar-refractivity contribution >= 4 is 0 Å². The highest BCUT2D eigenvalue weighted by atomic mass is 15.2. The second-order valence-corrected chi connectivity index (χ2v) is 6.73. The Labute approximate surface area is 129 Å². The van der Waals surface area contributed by atoms with Crippen LogP contribution in [0, 0.1) is 0 Å². The normalized spacial score (nSPS) is 24.8. The van der Waals surface area contributed by atoms with Gasteiger partial charge in [0.1, 0.15) is 0 Å². The summed E-state index contributed by atoms with van der Waals surface area (Å²) in [7, 11) is 2.32. The molecule has 0 aromatic heterocycles. The third-order valence-electron chi connectivity index (χ3n) is 5.10. The lowest BCUT2D eigenvalue weighted by atomic mass is 10.0. The van der Waals surface area contributed by atoms with Crippen molar-refractivity contribution in [1.29, 1.82) is 0 Å². The molecule has 2 saturated heterocycles. The number of hydrogen-bond acceptors (Lipinski definition) is 3. The number of piperidine rings is 1. The van der Waals surface area contributed by atoms with Crippen LogP contribution in [0.2, 0.25) is 0 Å². The first-order valence-corrected chi connectivity index (χ1v) is 8.51. The number of rotatable bonds is 5. The van der Waals surface area contributed by atoms with Crippen molar-refractivity contribution in [1.82, 2.24) is 15.1 Å². The summed E-state index contributed by atoms with van der Waals surface area (Å²) in [6, 6.07) is 12.4. The average Bonchev–Trinajstić information content (AvgIpc) is 3.02. The standard InChI is InChI=1S/C18H29N3/c1-20(15-17-8-5-11-19-17)18-9-12-21(13-10-18)14-16-6-3-2-4-7-16/h2-4,6-7,17-19H,5,8-15H2,1H3. The minimum Gasteiger partial charge on any atom is -0.313 e. The van der Waals surface area contributed by atoms with Gasteiger partial charge in [-0.15, -0.1) is 0 Å². The number of hydrogen-bond donors (Lipinski definition) is 1. The summed E-state index contributed by atoms with van der Waals surface area (Å²) in [6.45, 7) is 6.03. The van der Waals surface area contributed by atoms with Gasteiger partial charge in [-0.3, -0.25) is 4.90 Å². The molecule has 1 atom stereocenters. The van der Waals surface area contributed by atoms with E-state index in [1.165, 1.54) is 57.4 Å². The Hall–Kier alpha value is -0.900. The van der Waals surface area contributed by atoms with Crippen LogP contribution in [0.4, 0.5) is 0 Å². The summed E-state index contributed by atoms with van der Waals surface area (Å²) in [6.07, 6.45) is 5.34. The molecular formula is C18H29N3. The Morgan fingerprint density at radius 3 is 2.57 bits per heavy atom. The minimum atomic E-state index is 0.734. The Bertz CT molecular complexity index is 406. The second-order valence-electron chi connectivity index (χ2n) is 6.73. The molecule has 3 rings (SSSR count). The van der Waals surface area contributed by atoms with Gasteiger partial charge in [0, 0.05) is 25.2 Å². The van der Waals surface area contributed by atoms with Crippen molar-refractivity contribution in [3.63, 3.8) is 0 Å². The van der Waals surface area contributed by atoms with Gasteiger partial charge in [-0.1, -0.05) is 30.3 Å². The lowest BCUT2D eigenvalue weighted by Gasteiger charge is -2.37. The van der Waals surface area contributed by atoms with Gasteiger partial charge < -0.3 is 10.2 Å². The molecular weight excluding hydrogens is 258 g/mol. The van der Waals surface area contributed by atoms with Gasteiger partial charge in [0.15, 0.2) is 0 Å². The van der Waals surface area contributed by atoms with E-state index in [4.69, 9.17) is 0 Å². The largest absolute Gasteiger partial charge is 0.313 e. The van der Waals surface area contributed by atoms with E-state index in [1.807, 2.05) is 0 Å². The fourth-order valence-electron chi connectivity index (χ4n) is 3.77. The summed E-state index contributed by atoms with van der Waals surface area (Å²) in [5, 5.41) is 3.62. The topological polar surface area (TPSA) is 18.5 Å². The van der Waals surface area contributed by atoms with Gasteiger partial charge in [-0.05, 0) is 57.9 Å². The number of likely N-dealkylation sites (N-methyl/N-ethyl adjacent to an activating group) is 1. The maximum absolute atomic E-state index is 3.62. The van der Waals surface area contributed by atoms with Crippen molar-refractivity contribution < 1.29 is 0 Å². The maximum atomic E-state index is 3.62. The highest BCUT2D eigenvalue weighted by molar-refractivity contribution is 5.14. The molecule has 1 unspecified atom stereocenters. The average molecular weight is 287 g/mol. The quantitative estimate of drug-likeness (QED) is 0.897. The Kier molecular flexibility index (Phi) is 5.28. The molecule has 3 heteroatoms. The number of benzene rings is 1. The lowest BCUT2D eigenvalue weighted by Crippen LogP contribution is -2.46. The fourth-order valence-corrected chi connectivity index (χ4v) is 3.77. The number of nitrogens with one attached hydrogen (secondary N) is 1. The summed E-state index contributed by atoms with van der Waals surface area (Å²) in [5.41, 5.74) is 1.44. The van der Waals surface area contributed by atoms with Gasteiger partial charge in [-0.2, -0.15) is 0 Å². The smallest absolute Gasteiger partial charge is 0.0233 e. The van der Waals surface area contributed by atoms with E-state index >= 15 is 0 Å². The van der Waals surface area contributed by atoms with E-state index in [2.05, 4.69) is 52.5 Å². The van der Waals surface area contributed by atoms with Crippen LogP contribution in [0.3, 0.4) is 0 Å². The Morgan fingerprint density at radius 2 is 1.90 bits per heavy atom. The molecule has 21 heavy (non-hydrogen) atoms. The monoisotopic (exact) mass is 287 g/mol. The van der Waals surface area contributed by atoms with Crippen LogP contribution in [0.1, 0.15) is 31.2 Å². The third-order valence-corrected chi connectivity index (χ3v) is 5.10. The van der Waals surface area contributed by atoms with Crippen LogP contribution in [0.15, 0.2) is 30.3 Å². The Balaban J connectivity index is 1.42. The second kappa shape index (κ2) is 7.39. The van der Waals surface area contributed by atoms with E-state index < -0.39 is 0 Å². The first-order chi connectivity index (χ1) is 10.3. The van der Waals surface area contributed by atoms with Gasteiger partial charge in [-0.25, -0.2) is 0 Å². The fraction of sp³-hybridized carbons (Fsp3) is 0.667. The van der Waals surface area contributed by atoms with Crippen LogP contribution >= 0.6 is 0 Å². The predicted octanol–water partition coefficient (Wildman–Crippen LogP) is 2.33. The van der Waals surface area contributed by atoms with E-state index in [-0.39, 0.29) is 0 Å². The highest BCUT2D eigenvalue weighted by Crippen LogP contribution is 2.18. The number of likely N-dealkylation sites (tertiary alicyclic amines) is 1. The summed E-state index contributed by atoms with van der Waals surface area (Å²) in [4.78, 5) is 5.20. The van der Waals surface area contributed by atoms with Crippen molar-refractivity contribution in [2.45, 2.75) is 44.3 Å². The van der Waals surface area contributed by atoms with Crippen LogP contribution in [-0.2, 0) is 6.54 Å². The highest BCUT2D eigenvalue weighted by Gasteiger charge is 2.25. The molecule has 1 N–H and O–H groups in total. The molecule has 2 fully saturated rings. The molecule has 0 spiro atoms. The van der Waals surface area contributed by atoms with Crippen LogP contribution < -0.4 is 5.32 Å². The third kappa shape index (κ3) is 4.29. The Morgan fingerprint density at radius 1 is 1.14 bits per heavy atom. The summed E-state index contributed by atoms with van der Waals surface area (Å²) in [5.74, 6) is 0. The lowest BCUT2D eigenvalue weighted by molar-refractivity contribution is 0.117. The maximum Gasteiger partial charge on any atom is 0.0233 e. The van der Waals surface area contributed by atoms with Crippen LogP contribution in [-0.4, -0.2) is 55.1 Å². The van der Waals surface area contributed by atoms with E-state index in [0.29, 0.717) is 0 Å². The molecule has 116 valence electrons. The molecule has 0 radical (unpaired) electrons. The molecule has 1 aromatic rings. The zero-order chi connectivity index (χ0) is 14.5. The minimum absolute atomic E-state index is 0.734. The van der Waals surface area contributed by atoms with Crippen molar-refractivity contribution in [2.75, 3.05) is 33.2 Å². The molecule has 2 aliphatic rings. The molecule has 2 aliphatic heterocycles. The zero-order valence-electron chi connectivity index (χ0n) is 13.3. The summed E-state index contributed by atoms with van der Waals surface area (Å²) < 4.78 is 0. The predicted molar refractivity (Wildman–Crippen MR) is 88.4 cm³/mol. The van der Waals surface area contributed by atoms with Gasteiger partial charge >= 0.3 is 0 Å². The molecule has 2 heterocycles. The first-order valence-electron chi connectivity index (χ1n) is 8.51. The SMILES string of the molecule is CN(CC1CCCN1)C1CCN(Cc2ccccc2)CC1. The van der Waals surface area contributed by atoms with Crippen molar-refractivity contribution in [2.24, 2.45) is 0 Å². The zero-order valence-corrected chi connectivity index (χ0v) is 13.3. The van der Waals surface area contributed by atoms with Crippen molar-refractivity contribution in [3.05, 3.63) is 35.9 Å².